The van der Waals surface area contributed by atoms with E-state index in [1.807, 2.05) is 43.3 Å². The molecule has 120 valence electrons. The molecule has 4 nitrogen and oxygen atoms in total. The Morgan fingerprint density at radius 2 is 1.88 bits per heavy atom. The minimum Gasteiger partial charge on any atom is -0.454 e. The monoisotopic (exact) mass is 355 g/mol. The van der Waals surface area contributed by atoms with Crippen LogP contribution in [0.2, 0.25) is 0 Å². The van der Waals surface area contributed by atoms with Crippen molar-refractivity contribution in [3.8, 4) is 11.5 Å². The fourth-order valence-electron chi connectivity index (χ4n) is 2.53. The van der Waals surface area contributed by atoms with Gasteiger partial charge in [0, 0.05) is 6.07 Å². The lowest BCUT2D eigenvalue weighted by molar-refractivity contribution is -0.113. The molecule has 0 saturated carbocycles. The van der Waals surface area contributed by atoms with Crippen LogP contribution in [0, 0.1) is 6.92 Å². The highest BCUT2D eigenvalue weighted by molar-refractivity contribution is 8.27. The van der Waals surface area contributed by atoms with Gasteiger partial charge in [0.2, 0.25) is 6.79 Å². The highest BCUT2D eigenvalue weighted by Gasteiger charge is 2.34. The van der Waals surface area contributed by atoms with E-state index in [9.17, 15) is 4.79 Å². The molecule has 0 radical (unpaired) electrons. The number of ether oxygens (including phenoxy) is 2. The summed E-state index contributed by atoms with van der Waals surface area (Å²) in [5, 5.41) is 0. The maximum absolute atomic E-state index is 12.8. The molecule has 2 heterocycles. The molecule has 1 amide bonds. The van der Waals surface area contributed by atoms with Gasteiger partial charge in [-0.15, -0.1) is 0 Å². The zero-order valence-corrected chi connectivity index (χ0v) is 14.4. The number of thioether (sulfide) groups is 1. The molecule has 0 bridgehead atoms. The van der Waals surface area contributed by atoms with Crippen molar-refractivity contribution < 1.29 is 14.3 Å². The average Bonchev–Trinajstić information content (AvgIpc) is 3.14. The predicted octanol–water partition coefficient (Wildman–Crippen LogP) is 4.13. The maximum Gasteiger partial charge on any atom is 0.270 e. The van der Waals surface area contributed by atoms with Crippen LogP contribution in [0.4, 0.5) is 5.69 Å². The Morgan fingerprint density at radius 1 is 1.12 bits per heavy atom. The van der Waals surface area contributed by atoms with Gasteiger partial charge in [0.1, 0.15) is 0 Å². The molecule has 0 unspecified atom stereocenters. The largest absolute Gasteiger partial charge is 0.454 e. The molecule has 0 atom stereocenters. The Hall–Kier alpha value is -2.31. The smallest absolute Gasteiger partial charge is 0.270 e. The molecule has 24 heavy (non-hydrogen) atoms. The first-order valence-electron chi connectivity index (χ1n) is 7.36. The molecule has 2 aromatic carbocycles. The molecule has 1 fully saturated rings. The summed E-state index contributed by atoms with van der Waals surface area (Å²) in [6, 6.07) is 13.4. The number of rotatable bonds is 2. The van der Waals surface area contributed by atoms with Crippen LogP contribution >= 0.6 is 24.0 Å². The van der Waals surface area contributed by atoms with Crippen molar-refractivity contribution in [2.24, 2.45) is 0 Å². The van der Waals surface area contributed by atoms with Crippen molar-refractivity contribution in [1.29, 1.82) is 0 Å². The summed E-state index contributed by atoms with van der Waals surface area (Å²) in [5.41, 5.74) is 2.85. The van der Waals surface area contributed by atoms with Crippen molar-refractivity contribution in [3.05, 3.63) is 58.5 Å². The highest BCUT2D eigenvalue weighted by atomic mass is 32.2. The Labute approximate surface area is 149 Å². The summed E-state index contributed by atoms with van der Waals surface area (Å²) in [4.78, 5) is 14.9. The van der Waals surface area contributed by atoms with E-state index in [0.717, 1.165) is 5.56 Å². The molecule has 1 saturated heterocycles. The van der Waals surface area contributed by atoms with Crippen LogP contribution in [0.3, 0.4) is 0 Å². The van der Waals surface area contributed by atoms with Gasteiger partial charge < -0.3 is 9.47 Å². The summed E-state index contributed by atoms with van der Waals surface area (Å²) in [5.74, 6) is 1.19. The number of benzene rings is 2. The molecule has 0 aliphatic carbocycles. The first kappa shape index (κ1) is 15.2. The number of fused-ring (bicyclic) bond motifs is 1. The van der Waals surface area contributed by atoms with E-state index >= 15 is 0 Å². The summed E-state index contributed by atoms with van der Waals surface area (Å²) in [6.07, 6.45) is 1.87. The van der Waals surface area contributed by atoms with Crippen LogP contribution in [-0.2, 0) is 4.79 Å². The SMILES string of the molecule is Cc1ccc(/C=C2\SC(=S)N(c3ccc4c(c3)OCO4)C2=O)cc1. The van der Waals surface area contributed by atoms with Crippen LogP contribution in [-0.4, -0.2) is 17.0 Å². The first-order chi connectivity index (χ1) is 11.6. The Balaban J connectivity index is 1.65. The van der Waals surface area contributed by atoms with Gasteiger partial charge in [0.05, 0.1) is 10.6 Å². The third kappa shape index (κ3) is 2.68. The minimum absolute atomic E-state index is 0.121. The molecule has 0 aromatic heterocycles. The number of nitrogens with zero attached hydrogens (tertiary/aromatic N) is 1. The van der Waals surface area contributed by atoms with Crippen molar-refractivity contribution in [2.45, 2.75) is 6.92 Å². The average molecular weight is 355 g/mol. The lowest BCUT2D eigenvalue weighted by Crippen LogP contribution is -2.27. The zero-order valence-electron chi connectivity index (χ0n) is 12.8. The van der Waals surface area contributed by atoms with E-state index in [0.29, 0.717) is 26.4 Å². The van der Waals surface area contributed by atoms with E-state index in [1.54, 1.807) is 12.1 Å². The van der Waals surface area contributed by atoms with Crippen LogP contribution in [0.15, 0.2) is 47.4 Å². The van der Waals surface area contributed by atoms with E-state index < -0.39 is 0 Å². The Bertz CT molecular complexity index is 874. The highest BCUT2D eigenvalue weighted by Crippen LogP contribution is 2.40. The molecule has 6 heteroatoms. The van der Waals surface area contributed by atoms with Crippen molar-refractivity contribution in [2.75, 3.05) is 11.7 Å². The second-order valence-electron chi connectivity index (χ2n) is 5.47. The number of amides is 1. The van der Waals surface area contributed by atoms with E-state index in [4.69, 9.17) is 21.7 Å². The van der Waals surface area contributed by atoms with Gasteiger partial charge in [0.25, 0.3) is 5.91 Å². The van der Waals surface area contributed by atoms with E-state index in [2.05, 4.69) is 0 Å². The predicted molar refractivity (Wildman–Crippen MR) is 99.4 cm³/mol. The number of carbonyl (C=O) groups is 1. The molecule has 0 spiro atoms. The quantitative estimate of drug-likeness (QED) is 0.598. The second kappa shape index (κ2) is 5.96. The number of anilines is 1. The lowest BCUT2D eigenvalue weighted by atomic mass is 10.1. The molecule has 2 aliphatic rings. The maximum atomic E-state index is 12.8. The number of hydrogen-bond acceptors (Lipinski definition) is 5. The molecule has 4 rings (SSSR count). The van der Waals surface area contributed by atoms with E-state index in [-0.39, 0.29) is 12.7 Å². The fraction of sp³-hybridized carbons (Fsp3) is 0.111. The van der Waals surface area contributed by atoms with Crippen molar-refractivity contribution in [1.82, 2.24) is 0 Å². The van der Waals surface area contributed by atoms with Gasteiger partial charge in [-0.1, -0.05) is 53.8 Å². The molecular weight excluding hydrogens is 342 g/mol. The molecule has 0 N–H and O–H groups in total. The van der Waals surface area contributed by atoms with Crippen LogP contribution in [0.25, 0.3) is 6.08 Å². The zero-order chi connectivity index (χ0) is 16.7. The fourth-order valence-corrected chi connectivity index (χ4v) is 3.83. The second-order valence-corrected chi connectivity index (χ2v) is 7.14. The van der Waals surface area contributed by atoms with Gasteiger partial charge in [-0.3, -0.25) is 9.69 Å². The first-order valence-corrected chi connectivity index (χ1v) is 8.58. The standard InChI is InChI=1S/C18H13NO3S2/c1-11-2-4-12(5-3-11)8-16-17(20)19(18(23)24-16)13-6-7-14-15(9-13)22-10-21-14/h2-9H,10H2,1H3/b16-8-. The Kier molecular flexibility index (Phi) is 3.78. The van der Waals surface area contributed by atoms with Crippen LogP contribution in [0.5, 0.6) is 11.5 Å². The van der Waals surface area contributed by atoms with Crippen molar-refractivity contribution >= 4 is 46.0 Å². The summed E-state index contributed by atoms with van der Waals surface area (Å²) >= 11 is 6.70. The van der Waals surface area contributed by atoms with Gasteiger partial charge in [-0.2, -0.15) is 0 Å². The topological polar surface area (TPSA) is 38.8 Å². The van der Waals surface area contributed by atoms with Crippen LogP contribution < -0.4 is 14.4 Å². The van der Waals surface area contributed by atoms with Crippen LogP contribution in [0.1, 0.15) is 11.1 Å². The molecule has 2 aromatic rings. The van der Waals surface area contributed by atoms with E-state index in [1.165, 1.54) is 22.2 Å². The van der Waals surface area contributed by atoms with Gasteiger partial charge >= 0.3 is 0 Å². The number of hydrogen-bond donors (Lipinski definition) is 0. The number of aryl methyl sites for hydroxylation is 1. The van der Waals surface area contributed by atoms with Crippen molar-refractivity contribution in [3.63, 3.8) is 0 Å². The summed E-state index contributed by atoms with van der Waals surface area (Å²) in [6.45, 7) is 2.23. The van der Waals surface area contributed by atoms with Gasteiger partial charge in [-0.25, -0.2) is 0 Å². The molecular formula is C18H13NO3S2. The van der Waals surface area contributed by atoms with Gasteiger partial charge in [-0.05, 0) is 30.7 Å². The Morgan fingerprint density at radius 3 is 2.67 bits per heavy atom. The summed E-state index contributed by atoms with van der Waals surface area (Å²) in [7, 11) is 0. The minimum atomic E-state index is -0.121. The summed E-state index contributed by atoms with van der Waals surface area (Å²) < 4.78 is 11.2. The number of thiocarbonyl (C=S) groups is 1. The number of carbonyl (C=O) groups excluding carboxylic acids is 1. The molecule has 2 aliphatic heterocycles. The third-order valence-corrected chi connectivity index (χ3v) is 5.09. The third-order valence-electron chi connectivity index (χ3n) is 3.78. The normalized spacial score (nSPS) is 17.9. The van der Waals surface area contributed by atoms with Gasteiger partial charge in [0.15, 0.2) is 15.8 Å². The lowest BCUT2D eigenvalue weighted by Gasteiger charge is -2.14.